The van der Waals surface area contributed by atoms with Gasteiger partial charge in [-0.15, -0.1) is 0 Å². The lowest BCUT2D eigenvalue weighted by Crippen LogP contribution is -2.49. The first-order chi connectivity index (χ1) is 12.6. The number of carbonyl (C=O) groups is 2. The molecule has 26 heavy (non-hydrogen) atoms. The van der Waals surface area contributed by atoms with Gasteiger partial charge in [0.1, 0.15) is 5.75 Å². The first-order valence-electron chi connectivity index (χ1n) is 9.87. The average molecular weight is 358 g/mol. The van der Waals surface area contributed by atoms with Crippen molar-refractivity contribution >= 4 is 11.8 Å². The molecule has 0 aromatic heterocycles. The Kier molecular flexibility index (Phi) is 6.17. The van der Waals surface area contributed by atoms with Crippen LogP contribution in [0.5, 0.6) is 5.75 Å². The predicted molar refractivity (Wildman–Crippen MR) is 101 cm³/mol. The second kappa shape index (κ2) is 8.56. The summed E-state index contributed by atoms with van der Waals surface area (Å²) >= 11 is 0. The normalized spacial score (nSPS) is 21.5. The molecule has 0 aliphatic carbocycles. The molecule has 0 N–H and O–H groups in total. The largest absolute Gasteiger partial charge is 0.497 e. The lowest BCUT2D eigenvalue weighted by Gasteiger charge is -2.39. The van der Waals surface area contributed by atoms with Gasteiger partial charge in [-0.05, 0) is 56.7 Å². The van der Waals surface area contributed by atoms with E-state index in [-0.39, 0.29) is 11.8 Å². The highest BCUT2D eigenvalue weighted by Crippen LogP contribution is 2.27. The van der Waals surface area contributed by atoms with E-state index in [1.54, 1.807) is 13.2 Å². The number of hydrogen-bond acceptors (Lipinski definition) is 3. The Labute approximate surface area is 156 Å². The Hall–Kier alpha value is -2.04. The van der Waals surface area contributed by atoms with Gasteiger partial charge in [0.25, 0.3) is 5.91 Å². The summed E-state index contributed by atoms with van der Waals surface area (Å²) in [5.41, 5.74) is 0.649. The first-order valence-corrected chi connectivity index (χ1v) is 9.87. The zero-order valence-electron chi connectivity index (χ0n) is 15.9. The fraction of sp³-hybridized carbons (Fsp3) is 0.619. The number of hydrogen-bond donors (Lipinski definition) is 0. The van der Waals surface area contributed by atoms with Crippen molar-refractivity contribution in [3.63, 3.8) is 0 Å². The summed E-state index contributed by atoms with van der Waals surface area (Å²) in [4.78, 5) is 29.7. The second-order valence-corrected chi connectivity index (χ2v) is 7.39. The molecule has 1 aromatic carbocycles. The fourth-order valence-electron chi connectivity index (χ4n) is 4.22. The number of amides is 2. The molecule has 0 saturated carbocycles. The van der Waals surface area contributed by atoms with E-state index in [0.29, 0.717) is 36.4 Å². The number of ether oxygens (including phenoxy) is 1. The molecule has 5 heteroatoms. The van der Waals surface area contributed by atoms with E-state index in [0.717, 1.165) is 38.6 Å². The third-order valence-corrected chi connectivity index (χ3v) is 5.83. The highest BCUT2D eigenvalue weighted by atomic mass is 16.5. The smallest absolute Gasteiger partial charge is 0.253 e. The maximum atomic E-state index is 13.0. The van der Waals surface area contributed by atoms with Crippen molar-refractivity contribution < 1.29 is 14.3 Å². The van der Waals surface area contributed by atoms with Crippen LogP contribution < -0.4 is 4.74 Å². The number of rotatable bonds is 4. The highest BCUT2D eigenvalue weighted by Gasteiger charge is 2.33. The zero-order chi connectivity index (χ0) is 18.5. The zero-order valence-corrected chi connectivity index (χ0v) is 15.9. The van der Waals surface area contributed by atoms with Crippen LogP contribution in [0.25, 0.3) is 0 Å². The van der Waals surface area contributed by atoms with E-state index in [4.69, 9.17) is 4.74 Å². The lowest BCUT2D eigenvalue weighted by molar-refractivity contribution is -0.140. The third-order valence-electron chi connectivity index (χ3n) is 5.83. The van der Waals surface area contributed by atoms with Crippen molar-refractivity contribution in [3.8, 4) is 5.75 Å². The predicted octanol–water partition coefficient (Wildman–Crippen LogP) is 3.34. The molecule has 0 spiro atoms. The van der Waals surface area contributed by atoms with Crippen LogP contribution in [0.4, 0.5) is 0 Å². The molecule has 0 bridgehead atoms. The average Bonchev–Trinajstić information content (AvgIpc) is 2.72. The molecule has 0 radical (unpaired) electrons. The van der Waals surface area contributed by atoms with E-state index in [1.807, 2.05) is 23.1 Å². The molecule has 3 rings (SSSR count). The van der Waals surface area contributed by atoms with Gasteiger partial charge in [-0.25, -0.2) is 0 Å². The number of piperidine rings is 2. The van der Waals surface area contributed by atoms with E-state index < -0.39 is 0 Å². The summed E-state index contributed by atoms with van der Waals surface area (Å²) in [6.07, 6.45) is 6.06. The maximum absolute atomic E-state index is 13.0. The van der Waals surface area contributed by atoms with Gasteiger partial charge in [0.2, 0.25) is 5.91 Å². The van der Waals surface area contributed by atoms with Crippen molar-refractivity contribution in [1.82, 2.24) is 9.80 Å². The Bertz CT molecular complexity index is 638. The highest BCUT2D eigenvalue weighted by molar-refractivity contribution is 5.94. The van der Waals surface area contributed by atoms with Crippen molar-refractivity contribution in [3.05, 3.63) is 29.8 Å². The molecule has 2 fully saturated rings. The monoisotopic (exact) mass is 358 g/mol. The summed E-state index contributed by atoms with van der Waals surface area (Å²) < 4.78 is 5.21. The number of likely N-dealkylation sites (tertiary alicyclic amines) is 2. The number of nitrogens with zero attached hydrogens (tertiary/aromatic N) is 2. The van der Waals surface area contributed by atoms with Crippen LogP contribution in [-0.4, -0.2) is 54.4 Å². The number of benzene rings is 1. The van der Waals surface area contributed by atoms with Gasteiger partial charge in [0.05, 0.1) is 7.11 Å². The molecule has 1 atom stereocenters. The first kappa shape index (κ1) is 18.7. The summed E-state index contributed by atoms with van der Waals surface area (Å²) in [5, 5.41) is 0. The van der Waals surface area contributed by atoms with Gasteiger partial charge in [-0.2, -0.15) is 0 Å². The Morgan fingerprint density at radius 1 is 1.12 bits per heavy atom. The van der Waals surface area contributed by atoms with Gasteiger partial charge >= 0.3 is 0 Å². The van der Waals surface area contributed by atoms with E-state index in [1.165, 1.54) is 6.42 Å². The Balaban J connectivity index is 1.58. The molecule has 1 aromatic rings. The second-order valence-electron chi connectivity index (χ2n) is 7.39. The summed E-state index contributed by atoms with van der Waals surface area (Å²) in [6, 6.07) is 7.68. The van der Waals surface area contributed by atoms with Crippen LogP contribution in [0.15, 0.2) is 24.3 Å². The number of methoxy groups -OCH3 is 1. The van der Waals surface area contributed by atoms with Gasteiger partial charge in [0, 0.05) is 37.2 Å². The van der Waals surface area contributed by atoms with Crippen molar-refractivity contribution in [2.45, 2.75) is 51.5 Å². The van der Waals surface area contributed by atoms with Crippen molar-refractivity contribution in [1.29, 1.82) is 0 Å². The molecule has 2 aliphatic rings. The molecule has 2 saturated heterocycles. The molecule has 1 unspecified atom stereocenters. The van der Waals surface area contributed by atoms with Gasteiger partial charge in [0.15, 0.2) is 0 Å². The van der Waals surface area contributed by atoms with Crippen LogP contribution >= 0.6 is 0 Å². The van der Waals surface area contributed by atoms with Gasteiger partial charge in [-0.1, -0.05) is 13.0 Å². The molecule has 5 nitrogen and oxygen atoms in total. The molecular weight excluding hydrogens is 328 g/mol. The fourth-order valence-corrected chi connectivity index (χ4v) is 4.22. The van der Waals surface area contributed by atoms with E-state index in [2.05, 4.69) is 11.8 Å². The lowest BCUT2D eigenvalue weighted by atomic mass is 9.91. The van der Waals surface area contributed by atoms with Crippen LogP contribution in [0.2, 0.25) is 0 Å². The van der Waals surface area contributed by atoms with Crippen molar-refractivity contribution in [2.75, 3.05) is 26.7 Å². The Morgan fingerprint density at radius 3 is 2.58 bits per heavy atom. The molecule has 142 valence electrons. The van der Waals surface area contributed by atoms with Crippen molar-refractivity contribution in [2.24, 2.45) is 5.92 Å². The molecular formula is C21H30N2O3. The van der Waals surface area contributed by atoms with Gasteiger partial charge in [-0.3, -0.25) is 9.59 Å². The maximum Gasteiger partial charge on any atom is 0.253 e. The Morgan fingerprint density at radius 2 is 1.88 bits per heavy atom. The number of carbonyl (C=O) groups excluding carboxylic acids is 2. The summed E-state index contributed by atoms with van der Waals surface area (Å²) in [5.74, 6) is 1.09. The standard InChI is InChI=1S/C21H30N2O3/c1-3-18-8-4-5-12-23(18)21(25)16-10-13-22(14-11-16)20(24)17-7-6-9-19(15-17)26-2/h6-7,9,15-16,18H,3-5,8,10-14H2,1-2H3. The SMILES string of the molecule is CCC1CCCCN1C(=O)C1CCN(C(=O)c2cccc(OC)c2)CC1. The van der Waals surface area contributed by atoms with Crippen LogP contribution in [0.3, 0.4) is 0 Å². The van der Waals surface area contributed by atoms with E-state index >= 15 is 0 Å². The molecule has 2 heterocycles. The summed E-state index contributed by atoms with van der Waals surface area (Å²) in [7, 11) is 1.60. The molecule has 2 aliphatic heterocycles. The summed E-state index contributed by atoms with van der Waals surface area (Å²) in [6.45, 7) is 4.38. The van der Waals surface area contributed by atoms with Crippen LogP contribution in [-0.2, 0) is 4.79 Å². The van der Waals surface area contributed by atoms with Gasteiger partial charge < -0.3 is 14.5 Å². The minimum Gasteiger partial charge on any atom is -0.497 e. The third kappa shape index (κ3) is 4.02. The minimum atomic E-state index is 0.0270. The van der Waals surface area contributed by atoms with Crippen LogP contribution in [0, 0.1) is 5.92 Å². The topological polar surface area (TPSA) is 49.9 Å². The quantitative estimate of drug-likeness (QED) is 0.829. The molecule has 2 amide bonds. The van der Waals surface area contributed by atoms with Crippen LogP contribution in [0.1, 0.15) is 55.8 Å². The minimum absolute atomic E-state index is 0.0270. The van der Waals surface area contributed by atoms with E-state index in [9.17, 15) is 9.59 Å².